The molecular weight excluding hydrogens is 230 g/mol. The minimum Gasteiger partial charge on any atom is -0.396 e. The molecular formula is C14H17NOS. The maximum absolute atomic E-state index is 8.94. The largest absolute Gasteiger partial charge is 0.396 e. The van der Waals surface area contributed by atoms with E-state index in [4.69, 9.17) is 5.11 Å². The zero-order valence-electron chi connectivity index (χ0n) is 9.97. The smallest absolute Gasteiger partial charge is 0.0705 e. The average molecular weight is 247 g/mol. The van der Waals surface area contributed by atoms with E-state index in [1.165, 1.54) is 5.39 Å². The summed E-state index contributed by atoms with van der Waals surface area (Å²) in [7, 11) is 0. The van der Waals surface area contributed by atoms with Crippen molar-refractivity contribution in [2.24, 2.45) is 5.92 Å². The Labute approximate surface area is 106 Å². The predicted molar refractivity (Wildman–Crippen MR) is 74.2 cm³/mol. The number of aromatic nitrogens is 1. The second-order valence-electron chi connectivity index (χ2n) is 4.30. The van der Waals surface area contributed by atoms with E-state index in [1.807, 2.05) is 30.0 Å². The van der Waals surface area contributed by atoms with E-state index in [1.54, 1.807) is 0 Å². The third-order valence-corrected chi connectivity index (χ3v) is 3.92. The fourth-order valence-corrected chi connectivity index (χ4v) is 2.60. The van der Waals surface area contributed by atoms with Crippen molar-refractivity contribution in [2.45, 2.75) is 12.7 Å². The van der Waals surface area contributed by atoms with Crippen LogP contribution in [0, 0.1) is 5.92 Å². The Morgan fingerprint density at radius 2 is 2.06 bits per heavy atom. The minimum absolute atomic E-state index is 0.262. The van der Waals surface area contributed by atoms with Gasteiger partial charge in [-0.05, 0) is 23.8 Å². The van der Waals surface area contributed by atoms with E-state index < -0.39 is 0 Å². The number of benzene rings is 1. The molecule has 1 heterocycles. The molecule has 17 heavy (non-hydrogen) atoms. The number of aliphatic hydroxyl groups is 1. The van der Waals surface area contributed by atoms with Crippen molar-refractivity contribution in [3.63, 3.8) is 0 Å². The van der Waals surface area contributed by atoms with Crippen molar-refractivity contribution >= 4 is 22.7 Å². The van der Waals surface area contributed by atoms with Crippen LogP contribution >= 0.6 is 11.8 Å². The summed E-state index contributed by atoms with van der Waals surface area (Å²) in [4.78, 5) is 4.61. The normalized spacial score (nSPS) is 12.8. The van der Waals surface area contributed by atoms with Crippen LogP contribution in [0.3, 0.4) is 0 Å². The fourth-order valence-electron chi connectivity index (χ4n) is 1.61. The Balaban J connectivity index is 1.99. The molecule has 1 N–H and O–H groups in total. The number of nitrogens with zero attached hydrogens (tertiary/aromatic N) is 1. The molecule has 1 atom stereocenters. The van der Waals surface area contributed by atoms with Crippen molar-refractivity contribution in [3.05, 3.63) is 42.1 Å². The maximum atomic E-state index is 8.94. The highest BCUT2D eigenvalue weighted by molar-refractivity contribution is 7.98. The van der Waals surface area contributed by atoms with Crippen LogP contribution in [0.15, 0.2) is 36.4 Å². The first kappa shape index (κ1) is 12.4. The van der Waals surface area contributed by atoms with Crippen LogP contribution in [0.25, 0.3) is 10.9 Å². The second-order valence-corrected chi connectivity index (χ2v) is 5.33. The summed E-state index contributed by atoms with van der Waals surface area (Å²) in [5.74, 6) is 2.25. The molecule has 0 radical (unpaired) electrons. The highest BCUT2D eigenvalue weighted by Crippen LogP contribution is 2.17. The Hall–Kier alpha value is -1.06. The lowest BCUT2D eigenvalue weighted by atomic mass is 10.2. The monoisotopic (exact) mass is 247 g/mol. The summed E-state index contributed by atoms with van der Waals surface area (Å²) in [6.45, 7) is 2.32. The molecule has 2 nitrogen and oxygen atoms in total. The molecule has 1 aromatic carbocycles. The topological polar surface area (TPSA) is 33.1 Å². The van der Waals surface area contributed by atoms with E-state index in [9.17, 15) is 0 Å². The van der Waals surface area contributed by atoms with Gasteiger partial charge in [-0.15, -0.1) is 0 Å². The molecule has 0 aliphatic heterocycles. The van der Waals surface area contributed by atoms with Gasteiger partial charge in [-0.2, -0.15) is 11.8 Å². The van der Waals surface area contributed by atoms with Crippen LogP contribution in [0.1, 0.15) is 12.6 Å². The summed E-state index contributed by atoms with van der Waals surface area (Å²) in [5, 5.41) is 10.1. The highest BCUT2D eigenvalue weighted by atomic mass is 32.2. The Morgan fingerprint density at radius 1 is 1.24 bits per heavy atom. The Morgan fingerprint density at radius 3 is 2.88 bits per heavy atom. The molecule has 0 saturated carbocycles. The minimum atomic E-state index is 0.262. The van der Waals surface area contributed by atoms with Crippen LogP contribution in [0.5, 0.6) is 0 Å². The van der Waals surface area contributed by atoms with Gasteiger partial charge >= 0.3 is 0 Å². The lowest BCUT2D eigenvalue weighted by Crippen LogP contribution is -2.03. The number of thioether (sulfide) groups is 1. The van der Waals surface area contributed by atoms with Gasteiger partial charge in [0.25, 0.3) is 0 Å². The van der Waals surface area contributed by atoms with Crippen LogP contribution in [-0.2, 0) is 5.75 Å². The van der Waals surface area contributed by atoms with Crippen LogP contribution < -0.4 is 0 Å². The van der Waals surface area contributed by atoms with Crippen LogP contribution in [-0.4, -0.2) is 22.5 Å². The van der Waals surface area contributed by atoms with E-state index in [2.05, 4.69) is 30.1 Å². The van der Waals surface area contributed by atoms with Gasteiger partial charge in [0.15, 0.2) is 0 Å². The average Bonchev–Trinajstić information content (AvgIpc) is 2.38. The Bertz CT molecular complexity index is 486. The molecule has 0 fully saturated rings. The van der Waals surface area contributed by atoms with Crippen molar-refractivity contribution in [1.29, 1.82) is 0 Å². The molecule has 0 saturated heterocycles. The molecule has 0 bridgehead atoms. The quantitative estimate of drug-likeness (QED) is 0.881. The molecule has 0 amide bonds. The van der Waals surface area contributed by atoms with Gasteiger partial charge in [-0.25, -0.2) is 0 Å². The van der Waals surface area contributed by atoms with Crippen molar-refractivity contribution in [1.82, 2.24) is 4.98 Å². The molecule has 2 aromatic rings. The number of hydrogen-bond donors (Lipinski definition) is 1. The zero-order valence-corrected chi connectivity index (χ0v) is 10.8. The summed E-state index contributed by atoms with van der Waals surface area (Å²) in [6.07, 6.45) is 0. The van der Waals surface area contributed by atoms with Gasteiger partial charge in [-0.3, -0.25) is 4.98 Å². The fraction of sp³-hybridized carbons (Fsp3) is 0.357. The number of rotatable bonds is 5. The standard InChI is InChI=1S/C14H17NOS/c1-11(8-16)9-17-10-13-7-6-12-4-2-3-5-14(12)15-13/h2-7,11,16H,8-10H2,1H3. The molecule has 0 aliphatic rings. The van der Waals surface area contributed by atoms with Gasteiger partial charge < -0.3 is 5.11 Å². The number of fused-ring (bicyclic) bond motifs is 1. The third-order valence-electron chi connectivity index (χ3n) is 2.62. The number of para-hydroxylation sites is 1. The van der Waals surface area contributed by atoms with Gasteiger partial charge in [0.1, 0.15) is 0 Å². The van der Waals surface area contributed by atoms with Crippen molar-refractivity contribution in [3.8, 4) is 0 Å². The van der Waals surface area contributed by atoms with Gasteiger partial charge in [0.2, 0.25) is 0 Å². The van der Waals surface area contributed by atoms with Crippen molar-refractivity contribution in [2.75, 3.05) is 12.4 Å². The van der Waals surface area contributed by atoms with E-state index in [0.717, 1.165) is 22.7 Å². The van der Waals surface area contributed by atoms with E-state index >= 15 is 0 Å². The second kappa shape index (κ2) is 6.03. The lowest BCUT2D eigenvalue weighted by Gasteiger charge is -2.07. The summed E-state index contributed by atoms with van der Waals surface area (Å²) in [6, 6.07) is 12.4. The maximum Gasteiger partial charge on any atom is 0.0705 e. The van der Waals surface area contributed by atoms with E-state index in [-0.39, 0.29) is 6.61 Å². The van der Waals surface area contributed by atoms with E-state index in [0.29, 0.717) is 5.92 Å². The van der Waals surface area contributed by atoms with Crippen LogP contribution in [0.4, 0.5) is 0 Å². The summed E-state index contributed by atoms with van der Waals surface area (Å²) < 4.78 is 0. The number of aliphatic hydroxyl groups excluding tert-OH is 1. The summed E-state index contributed by atoms with van der Waals surface area (Å²) >= 11 is 1.83. The molecule has 3 heteroatoms. The zero-order chi connectivity index (χ0) is 12.1. The molecule has 0 aliphatic carbocycles. The SMILES string of the molecule is CC(CO)CSCc1ccc2ccccc2n1. The predicted octanol–water partition coefficient (Wildman–Crippen LogP) is 3.10. The molecule has 1 aromatic heterocycles. The molecule has 90 valence electrons. The van der Waals surface area contributed by atoms with Crippen LogP contribution in [0.2, 0.25) is 0 Å². The third kappa shape index (κ3) is 3.45. The van der Waals surface area contributed by atoms with Gasteiger partial charge in [0.05, 0.1) is 11.2 Å². The molecule has 1 unspecified atom stereocenters. The lowest BCUT2D eigenvalue weighted by molar-refractivity contribution is 0.250. The number of hydrogen-bond acceptors (Lipinski definition) is 3. The first-order valence-electron chi connectivity index (χ1n) is 5.83. The first-order valence-corrected chi connectivity index (χ1v) is 6.98. The van der Waals surface area contributed by atoms with Crippen molar-refractivity contribution < 1.29 is 5.11 Å². The first-order chi connectivity index (χ1) is 8.29. The molecule has 0 spiro atoms. The molecule has 2 rings (SSSR count). The summed E-state index contributed by atoms with van der Waals surface area (Å²) in [5.41, 5.74) is 2.17. The Kier molecular flexibility index (Phi) is 4.40. The van der Waals surface area contributed by atoms with Gasteiger partial charge in [-0.1, -0.05) is 31.2 Å². The number of pyridine rings is 1. The highest BCUT2D eigenvalue weighted by Gasteiger charge is 2.02. The van der Waals surface area contributed by atoms with Gasteiger partial charge in [0, 0.05) is 17.7 Å².